The summed E-state index contributed by atoms with van der Waals surface area (Å²) in [6.45, 7) is 9.27. The van der Waals surface area contributed by atoms with Gasteiger partial charge in [0.1, 0.15) is 12.4 Å². The maximum atomic E-state index is 11.9. The lowest BCUT2D eigenvalue weighted by Crippen LogP contribution is -2.26. The van der Waals surface area contributed by atoms with Crippen LogP contribution in [0.1, 0.15) is 38.8 Å². The van der Waals surface area contributed by atoms with Crippen LogP contribution in [0.25, 0.3) is 6.08 Å². The van der Waals surface area contributed by atoms with Crippen molar-refractivity contribution in [3.05, 3.63) is 65.7 Å². The first-order valence-corrected chi connectivity index (χ1v) is 11.4. The maximum Gasteiger partial charge on any atom is 0.244 e. The highest BCUT2D eigenvalue weighted by atomic mass is 32.2. The van der Waals surface area contributed by atoms with Gasteiger partial charge in [-0.15, -0.1) is 0 Å². The van der Waals surface area contributed by atoms with Crippen molar-refractivity contribution in [2.45, 2.75) is 38.0 Å². The van der Waals surface area contributed by atoms with Crippen molar-refractivity contribution in [3.63, 3.8) is 0 Å². The molecule has 0 fully saturated rings. The summed E-state index contributed by atoms with van der Waals surface area (Å²) in [6.07, 6.45) is 3.04. The molecule has 30 heavy (non-hydrogen) atoms. The van der Waals surface area contributed by atoms with Crippen LogP contribution >= 0.6 is 0 Å². The summed E-state index contributed by atoms with van der Waals surface area (Å²) in [5.74, 6) is 0.520. The molecule has 1 amide bonds. The van der Waals surface area contributed by atoms with Gasteiger partial charge in [0.2, 0.25) is 15.9 Å². The van der Waals surface area contributed by atoms with Crippen molar-refractivity contribution in [2.75, 3.05) is 19.7 Å². The second-order valence-corrected chi connectivity index (χ2v) is 9.58. The van der Waals surface area contributed by atoms with E-state index in [0.717, 1.165) is 11.3 Å². The molecule has 0 spiro atoms. The van der Waals surface area contributed by atoms with Crippen molar-refractivity contribution in [2.24, 2.45) is 0 Å². The summed E-state index contributed by atoms with van der Waals surface area (Å²) in [5, 5.41) is 2.75. The van der Waals surface area contributed by atoms with Crippen molar-refractivity contribution in [3.8, 4) is 5.75 Å². The molecule has 0 bridgehead atoms. The van der Waals surface area contributed by atoms with Gasteiger partial charge in [0.05, 0.1) is 11.4 Å². The quantitative estimate of drug-likeness (QED) is 0.471. The third kappa shape index (κ3) is 7.31. The average molecular weight is 431 g/mol. The van der Waals surface area contributed by atoms with E-state index in [-0.39, 0.29) is 16.2 Å². The Balaban J connectivity index is 1.77. The lowest BCUT2D eigenvalue weighted by Gasteiger charge is -2.19. The van der Waals surface area contributed by atoms with Crippen molar-refractivity contribution < 1.29 is 17.9 Å². The highest BCUT2D eigenvalue weighted by molar-refractivity contribution is 7.89. The minimum absolute atomic E-state index is 0.0970. The van der Waals surface area contributed by atoms with Crippen LogP contribution in [0.15, 0.2) is 59.5 Å². The van der Waals surface area contributed by atoms with E-state index >= 15 is 0 Å². The van der Waals surface area contributed by atoms with Gasteiger partial charge >= 0.3 is 0 Å². The van der Waals surface area contributed by atoms with Crippen LogP contribution in [0, 0.1) is 0 Å². The molecule has 2 N–H and O–H groups in total. The number of hydrogen-bond donors (Lipinski definition) is 2. The number of carbonyl (C=O) groups excluding carboxylic acids is 1. The fourth-order valence-electron chi connectivity index (χ4n) is 2.66. The number of rotatable bonds is 9. The Morgan fingerprint density at radius 2 is 1.67 bits per heavy atom. The zero-order valence-corrected chi connectivity index (χ0v) is 18.8. The minimum Gasteiger partial charge on any atom is -0.492 e. The first-order valence-electron chi connectivity index (χ1n) is 9.91. The van der Waals surface area contributed by atoms with Crippen LogP contribution < -0.4 is 14.8 Å². The predicted molar refractivity (Wildman–Crippen MR) is 120 cm³/mol. The molecule has 2 aromatic rings. The minimum atomic E-state index is -3.47. The molecule has 2 rings (SSSR count). The van der Waals surface area contributed by atoms with E-state index < -0.39 is 10.0 Å². The normalized spacial score (nSPS) is 12.1. The molecule has 0 radical (unpaired) electrons. The summed E-state index contributed by atoms with van der Waals surface area (Å²) in [4.78, 5) is 12.1. The van der Waals surface area contributed by atoms with E-state index in [9.17, 15) is 13.2 Å². The summed E-state index contributed by atoms with van der Waals surface area (Å²) in [7, 11) is -3.47. The van der Waals surface area contributed by atoms with Gasteiger partial charge < -0.3 is 10.1 Å². The first-order chi connectivity index (χ1) is 14.1. The molecule has 0 aliphatic carbocycles. The van der Waals surface area contributed by atoms with Gasteiger partial charge in [-0.2, -0.15) is 0 Å². The third-order valence-corrected chi connectivity index (χ3v) is 5.90. The molecule has 0 heterocycles. The summed E-state index contributed by atoms with van der Waals surface area (Å²) in [6, 6.07) is 14.3. The molecule has 7 heteroatoms. The molecular weight excluding hydrogens is 400 g/mol. The van der Waals surface area contributed by atoms with Gasteiger partial charge in [-0.05, 0) is 46.9 Å². The number of sulfonamides is 1. The Morgan fingerprint density at radius 1 is 1.03 bits per heavy atom. The Labute approximate surface area is 179 Å². The van der Waals surface area contributed by atoms with E-state index in [2.05, 4.69) is 30.8 Å². The molecule has 0 atom stereocenters. The summed E-state index contributed by atoms with van der Waals surface area (Å²) in [5.41, 5.74) is 2.07. The van der Waals surface area contributed by atoms with E-state index in [4.69, 9.17) is 4.74 Å². The molecule has 0 saturated carbocycles. The van der Waals surface area contributed by atoms with Crippen LogP contribution in [0.4, 0.5) is 0 Å². The standard InChI is InChI=1S/C23H30N2O4S/c1-5-25-30(27,28)21-13-6-18(7-14-21)8-15-22(26)24-16-17-29-20-11-9-19(10-12-20)23(2,3)4/h6-15,25H,5,16-17H2,1-4H3,(H,24,26)/b15-8+. The van der Waals surface area contributed by atoms with Crippen LogP contribution in [-0.2, 0) is 20.2 Å². The fraction of sp³-hybridized carbons (Fsp3) is 0.348. The molecule has 6 nitrogen and oxygen atoms in total. The Morgan fingerprint density at radius 3 is 2.23 bits per heavy atom. The molecule has 2 aromatic carbocycles. The largest absolute Gasteiger partial charge is 0.492 e. The number of benzene rings is 2. The van der Waals surface area contributed by atoms with Gasteiger partial charge in [0, 0.05) is 12.6 Å². The number of amides is 1. The number of nitrogens with one attached hydrogen (secondary N) is 2. The van der Waals surface area contributed by atoms with E-state index in [0.29, 0.717) is 19.7 Å². The highest BCUT2D eigenvalue weighted by Crippen LogP contribution is 2.24. The SMILES string of the molecule is CCNS(=O)(=O)c1ccc(/C=C/C(=O)NCCOc2ccc(C(C)(C)C)cc2)cc1. The molecular formula is C23H30N2O4S. The second-order valence-electron chi connectivity index (χ2n) is 7.82. The van der Waals surface area contributed by atoms with E-state index in [1.807, 2.05) is 24.3 Å². The average Bonchev–Trinajstić information content (AvgIpc) is 2.69. The molecule has 0 unspecified atom stereocenters. The van der Waals surface area contributed by atoms with Crippen LogP contribution in [0.2, 0.25) is 0 Å². The lowest BCUT2D eigenvalue weighted by molar-refractivity contribution is -0.116. The molecule has 0 aliphatic heterocycles. The predicted octanol–water partition coefficient (Wildman–Crippen LogP) is 3.49. The van der Waals surface area contributed by atoms with Crippen molar-refractivity contribution in [1.29, 1.82) is 0 Å². The Kier molecular flexibility index (Phi) is 8.20. The second kappa shape index (κ2) is 10.4. The highest BCUT2D eigenvalue weighted by Gasteiger charge is 2.13. The molecule has 0 aliphatic rings. The Hall–Kier alpha value is -2.64. The zero-order chi connectivity index (χ0) is 22.2. The van der Waals surface area contributed by atoms with Crippen LogP contribution in [0.5, 0.6) is 5.75 Å². The van der Waals surface area contributed by atoms with Gasteiger partial charge in [-0.3, -0.25) is 4.79 Å². The third-order valence-electron chi connectivity index (χ3n) is 4.34. The van der Waals surface area contributed by atoms with Gasteiger partial charge in [0.25, 0.3) is 0 Å². The van der Waals surface area contributed by atoms with E-state index in [1.165, 1.54) is 23.8 Å². The van der Waals surface area contributed by atoms with Crippen molar-refractivity contribution in [1.82, 2.24) is 10.0 Å². The number of hydrogen-bond acceptors (Lipinski definition) is 4. The first kappa shape index (κ1) is 23.6. The fourth-order valence-corrected chi connectivity index (χ4v) is 3.70. The maximum absolute atomic E-state index is 11.9. The van der Waals surface area contributed by atoms with Crippen molar-refractivity contribution >= 4 is 22.0 Å². The zero-order valence-electron chi connectivity index (χ0n) is 17.9. The van der Waals surface area contributed by atoms with Gasteiger partial charge in [-0.25, -0.2) is 13.1 Å². The van der Waals surface area contributed by atoms with Gasteiger partial charge in [0.15, 0.2) is 0 Å². The monoisotopic (exact) mass is 430 g/mol. The summed E-state index contributed by atoms with van der Waals surface area (Å²) < 4.78 is 31.9. The van der Waals surface area contributed by atoms with E-state index in [1.54, 1.807) is 25.1 Å². The summed E-state index contributed by atoms with van der Waals surface area (Å²) >= 11 is 0. The Bertz CT molecular complexity index is 958. The number of carbonyl (C=O) groups is 1. The molecule has 162 valence electrons. The lowest BCUT2D eigenvalue weighted by atomic mass is 9.87. The molecule has 0 aromatic heterocycles. The van der Waals surface area contributed by atoms with Crippen LogP contribution in [-0.4, -0.2) is 34.0 Å². The van der Waals surface area contributed by atoms with Crippen LogP contribution in [0.3, 0.4) is 0 Å². The smallest absolute Gasteiger partial charge is 0.244 e. The van der Waals surface area contributed by atoms with Gasteiger partial charge in [-0.1, -0.05) is 52.0 Å². The molecule has 0 saturated heterocycles. The topological polar surface area (TPSA) is 84.5 Å². The number of ether oxygens (including phenoxy) is 1.